The van der Waals surface area contributed by atoms with E-state index in [2.05, 4.69) is 10.2 Å². The number of nitrogens with two attached hydrogens (primary N) is 1. The molecule has 0 aliphatic rings. The molecule has 0 aliphatic carbocycles. The summed E-state index contributed by atoms with van der Waals surface area (Å²) in [4.78, 5) is 11.0. The lowest BCUT2D eigenvalue weighted by Gasteiger charge is -2.02. The van der Waals surface area contributed by atoms with Gasteiger partial charge in [0.2, 0.25) is 5.82 Å². The standard InChI is InChI=1S/C9H8N4O/c10-8(14)9-12-11-6-13(9)7-4-2-1-3-5-7/h1-6H,(H2,10,14). The Morgan fingerprint density at radius 3 is 2.64 bits per heavy atom. The Kier molecular flexibility index (Phi) is 1.98. The van der Waals surface area contributed by atoms with Crippen LogP contribution in [-0.4, -0.2) is 20.7 Å². The van der Waals surface area contributed by atoms with E-state index in [-0.39, 0.29) is 5.82 Å². The van der Waals surface area contributed by atoms with Gasteiger partial charge in [-0.1, -0.05) is 18.2 Å². The summed E-state index contributed by atoms with van der Waals surface area (Å²) >= 11 is 0. The lowest BCUT2D eigenvalue weighted by molar-refractivity contribution is 0.0988. The fourth-order valence-corrected chi connectivity index (χ4v) is 1.18. The number of carbonyl (C=O) groups is 1. The smallest absolute Gasteiger partial charge is 0.287 e. The molecular weight excluding hydrogens is 180 g/mol. The number of nitrogens with zero attached hydrogens (tertiary/aromatic N) is 3. The summed E-state index contributed by atoms with van der Waals surface area (Å²) in [6, 6.07) is 9.30. The Balaban J connectivity index is 2.52. The number of hydrogen-bond acceptors (Lipinski definition) is 3. The fourth-order valence-electron chi connectivity index (χ4n) is 1.18. The highest BCUT2D eigenvalue weighted by Gasteiger charge is 2.10. The minimum absolute atomic E-state index is 0.135. The second-order valence-corrected chi connectivity index (χ2v) is 2.72. The Labute approximate surface area is 80.2 Å². The minimum atomic E-state index is -0.591. The normalized spacial score (nSPS) is 10.0. The Morgan fingerprint density at radius 2 is 2.00 bits per heavy atom. The number of rotatable bonds is 2. The fraction of sp³-hybridized carbons (Fsp3) is 0. The molecule has 0 atom stereocenters. The van der Waals surface area contributed by atoms with Gasteiger partial charge < -0.3 is 5.73 Å². The summed E-state index contributed by atoms with van der Waals surface area (Å²) in [6.07, 6.45) is 1.45. The van der Waals surface area contributed by atoms with Crippen LogP contribution in [0, 0.1) is 0 Å². The first-order valence-corrected chi connectivity index (χ1v) is 4.04. The van der Waals surface area contributed by atoms with E-state index >= 15 is 0 Å². The van der Waals surface area contributed by atoms with Gasteiger partial charge in [0.25, 0.3) is 5.91 Å². The van der Waals surface area contributed by atoms with Crippen molar-refractivity contribution < 1.29 is 4.79 Å². The van der Waals surface area contributed by atoms with Gasteiger partial charge >= 0.3 is 0 Å². The van der Waals surface area contributed by atoms with Crippen molar-refractivity contribution in [1.82, 2.24) is 14.8 Å². The van der Waals surface area contributed by atoms with E-state index in [0.29, 0.717) is 0 Å². The molecule has 2 N–H and O–H groups in total. The molecule has 0 spiro atoms. The lowest BCUT2D eigenvalue weighted by Crippen LogP contribution is -2.17. The predicted octanol–water partition coefficient (Wildman–Crippen LogP) is 0.366. The van der Waals surface area contributed by atoms with Crippen LogP contribution in [0.1, 0.15) is 10.6 Å². The highest BCUT2D eigenvalue weighted by Crippen LogP contribution is 2.07. The molecule has 1 amide bonds. The first-order chi connectivity index (χ1) is 6.79. The summed E-state index contributed by atoms with van der Waals surface area (Å²) in [7, 11) is 0. The van der Waals surface area contributed by atoms with Gasteiger partial charge in [-0.3, -0.25) is 9.36 Å². The van der Waals surface area contributed by atoms with Gasteiger partial charge in [-0.15, -0.1) is 10.2 Å². The van der Waals surface area contributed by atoms with Crippen molar-refractivity contribution >= 4 is 5.91 Å². The van der Waals surface area contributed by atoms with Crippen LogP contribution in [0.2, 0.25) is 0 Å². The summed E-state index contributed by atoms with van der Waals surface area (Å²) in [5.41, 5.74) is 5.95. The molecule has 2 aromatic rings. The topological polar surface area (TPSA) is 73.8 Å². The summed E-state index contributed by atoms with van der Waals surface area (Å²) in [5.74, 6) is -0.456. The first kappa shape index (κ1) is 8.43. The second kappa shape index (κ2) is 3.29. The molecule has 5 heteroatoms. The number of aromatic nitrogens is 3. The van der Waals surface area contributed by atoms with Crippen molar-refractivity contribution in [2.45, 2.75) is 0 Å². The molecule has 0 saturated carbocycles. The molecule has 0 bridgehead atoms. The molecule has 1 aromatic carbocycles. The van der Waals surface area contributed by atoms with Gasteiger partial charge in [0, 0.05) is 5.69 Å². The third-order valence-corrected chi connectivity index (χ3v) is 1.80. The van der Waals surface area contributed by atoms with Crippen LogP contribution < -0.4 is 5.73 Å². The van der Waals surface area contributed by atoms with Gasteiger partial charge in [-0.05, 0) is 12.1 Å². The first-order valence-electron chi connectivity index (χ1n) is 4.04. The minimum Gasteiger partial charge on any atom is -0.363 e. The van der Waals surface area contributed by atoms with Crippen LogP contribution in [-0.2, 0) is 0 Å². The monoisotopic (exact) mass is 188 g/mol. The third kappa shape index (κ3) is 1.35. The van der Waals surface area contributed by atoms with E-state index in [9.17, 15) is 4.79 Å². The molecule has 1 aromatic heterocycles. The maximum atomic E-state index is 11.0. The molecule has 2 rings (SSSR count). The van der Waals surface area contributed by atoms with Gasteiger partial charge in [0.05, 0.1) is 0 Å². The number of carbonyl (C=O) groups excluding carboxylic acids is 1. The zero-order valence-electron chi connectivity index (χ0n) is 7.29. The molecule has 5 nitrogen and oxygen atoms in total. The SMILES string of the molecule is NC(=O)c1nncn1-c1ccccc1. The van der Waals surface area contributed by atoms with Crippen molar-refractivity contribution in [2.75, 3.05) is 0 Å². The van der Waals surface area contributed by atoms with Gasteiger partial charge in [-0.25, -0.2) is 0 Å². The van der Waals surface area contributed by atoms with Crippen molar-refractivity contribution in [1.29, 1.82) is 0 Å². The molecule has 1 heterocycles. The summed E-state index contributed by atoms with van der Waals surface area (Å²) < 4.78 is 1.54. The average molecular weight is 188 g/mol. The maximum absolute atomic E-state index is 11.0. The van der Waals surface area contributed by atoms with Crippen LogP contribution >= 0.6 is 0 Å². The number of amides is 1. The Morgan fingerprint density at radius 1 is 1.29 bits per heavy atom. The Hall–Kier alpha value is -2.17. The quantitative estimate of drug-likeness (QED) is 0.739. The predicted molar refractivity (Wildman–Crippen MR) is 49.9 cm³/mol. The van der Waals surface area contributed by atoms with E-state index in [0.717, 1.165) is 5.69 Å². The lowest BCUT2D eigenvalue weighted by atomic mass is 10.3. The Bertz CT molecular complexity index is 449. The summed E-state index contributed by atoms with van der Waals surface area (Å²) in [6.45, 7) is 0. The average Bonchev–Trinajstić information content (AvgIpc) is 2.67. The van der Waals surface area contributed by atoms with Gasteiger partial charge in [0.1, 0.15) is 6.33 Å². The molecular formula is C9H8N4O. The molecule has 0 aliphatic heterocycles. The zero-order chi connectivity index (χ0) is 9.97. The van der Waals surface area contributed by atoms with Crippen LogP contribution in [0.15, 0.2) is 36.7 Å². The van der Waals surface area contributed by atoms with Crippen LogP contribution in [0.4, 0.5) is 0 Å². The zero-order valence-corrected chi connectivity index (χ0v) is 7.29. The van der Waals surface area contributed by atoms with Crippen molar-refractivity contribution in [2.24, 2.45) is 5.73 Å². The number of benzene rings is 1. The molecule has 0 fully saturated rings. The van der Waals surface area contributed by atoms with Crippen molar-refractivity contribution in [3.05, 3.63) is 42.5 Å². The molecule has 14 heavy (non-hydrogen) atoms. The molecule has 70 valence electrons. The van der Waals surface area contributed by atoms with Crippen LogP contribution in [0.5, 0.6) is 0 Å². The highest BCUT2D eigenvalue weighted by atomic mass is 16.1. The number of primary amides is 1. The highest BCUT2D eigenvalue weighted by molar-refractivity contribution is 5.89. The largest absolute Gasteiger partial charge is 0.363 e. The van der Waals surface area contributed by atoms with Crippen molar-refractivity contribution in [3.63, 3.8) is 0 Å². The number of hydrogen-bond donors (Lipinski definition) is 1. The summed E-state index contributed by atoms with van der Waals surface area (Å²) in [5, 5.41) is 7.26. The molecule has 0 unspecified atom stereocenters. The number of para-hydroxylation sites is 1. The molecule has 0 saturated heterocycles. The van der Waals surface area contributed by atoms with Crippen LogP contribution in [0.3, 0.4) is 0 Å². The van der Waals surface area contributed by atoms with Crippen LogP contribution in [0.25, 0.3) is 5.69 Å². The van der Waals surface area contributed by atoms with E-state index < -0.39 is 5.91 Å². The second-order valence-electron chi connectivity index (χ2n) is 2.72. The van der Waals surface area contributed by atoms with E-state index in [4.69, 9.17) is 5.73 Å². The maximum Gasteiger partial charge on any atom is 0.287 e. The van der Waals surface area contributed by atoms with E-state index in [1.165, 1.54) is 6.33 Å². The van der Waals surface area contributed by atoms with E-state index in [1.54, 1.807) is 4.57 Å². The van der Waals surface area contributed by atoms with Gasteiger partial charge in [0.15, 0.2) is 0 Å². The third-order valence-electron chi connectivity index (χ3n) is 1.80. The van der Waals surface area contributed by atoms with Gasteiger partial charge in [-0.2, -0.15) is 0 Å². The molecule has 0 radical (unpaired) electrons. The van der Waals surface area contributed by atoms with E-state index in [1.807, 2.05) is 30.3 Å². The van der Waals surface area contributed by atoms with Crippen molar-refractivity contribution in [3.8, 4) is 5.69 Å².